The number of thioether (sulfide) groups is 1. The predicted molar refractivity (Wildman–Crippen MR) is 103 cm³/mol. The summed E-state index contributed by atoms with van der Waals surface area (Å²) in [5.41, 5.74) is 9.23. The van der Waals surface area contributed by atoms with Crippen molar-refractivity contribution in [2.45, 2.75) is 25.7 Å². The minimum atomic E-state index is 1.28. The van der Waals surface area contributed by atoms with Gasteiger partial charge in [-0.2, -0.15) is 0 Å². The molecule has 0 radical (unpaired) electrons. The lowest BCUT2D eigenvalue weighted by molar-refractivity contribution is 1.32. The van der Waals surface area contributed by atoms with E-state index in [0.717, 1.165) is 0 Å². The standard InChI is InChI=1S/C22H22S/c1-15-11-16(2)22(17(3)12-15)20-9-5-7-18(13-20)19-8-6-10-21(14-19)23-4/h5-14H,1-4H3. The van der Waals surface area contributed by atoms with Crippen LogP contribution in [0.15, 0.2) is 65.6 Å². The number of aryl methyl sites for hydroxylation is 3. The molecule has 0 fully saturated rings. The lowest BCUT2D eigenvalue weighted by Gasteiger charge is -2.13. The Hall–Kier alpha value is -1.99. The lowest BCUT2D eigenvalue weighted by atomic mass is 9.92. The molecule has 0 saturated heterocycles. The lowest BCUT2D eigenvalue weighted by Crippen LogP contribution is -1.90. The molecule has 0 heterocycles. The molecule has 0 aromatic heterocycles. The summed E-state index contributed by atoms with van der Waals surface area (Å²) < 4.78 is 0. The monoisotopic (exact) mass is 318 g/mol. The molecule has 0 saturated carbocycles. The Morgan fingerprint density at radius 2 is 1.22 bits per heavy atom. The molecule has 0 bridgehead atoms. The number of hydrogen-bond donors (Lipinski definition) is 0. The fourth-order valence-corrected chi connectivity index (χ4v) is 3.75. The van der Waals surface area contributed by atoms with Gasteiger partial charge in [-0.15, -0.1) is 11.8 Å². The highest BCUT2D eigenvalue weighted by molar-refractivity contribution is 7.98. The molecule has 23 heavy (non-hydrogen) atoms. The Morgan fingerprint density at radius 1 is 0.652 bits per heavy atom. The Bertz CT molecular complexity index is 823. The first-order valence-corrected chi connectivity index (χ1v) is 9.13. The molecule has 116 valence electrons. The van der Waals surface area contributed by atoms with Crippen molar-refractivity contribution >= 4 is 11.8 Å². The van der Waals surface area contributed by atoms with Crippen molar-refractivity contribution < 1.29 is 0 Å². The molecule has 3 aromatic rings. The summed E-state index contributed by atoms with van der Waals surface area (Å²) in [7, 11) is 0. The number of hydrogen-bond acceptors (Lipinski definition) is 1. The van der Waals surface area contributed by atoms with Gasteiger partial charge in [0.25, 0.3) is 0 Å². The van der Waals surface area contributed by atoms with Crippen molar-refractivity contribution in [1.82, 2.24) is 0 Å². The van der Waals surface area contributed by atoms with E-state index in [2.05, 4.69) is 87.7 Å². The summed E-state index contributed by atoms with van der Waals surface area (Å²) in [6.45, 7) is 6.57. The average Bonchev–Trinajstić information content (AvgIpc) is 2.54. The minimum absolute atomic E-state index is 1.28. The smallest absolute Gasteiger partial charge is 0.00752 e. The van der Waals surface area contributed by atoms with E-state index in [1.165, 1.54) is 43.8 Å². The molecule has 0 aliphatic heterocycles. The van der Waals surface area contributed by atoms with Gasteiger partial charge in [-0.1, -0.05) is 48.0 Å². The molecule has 0 spiro atoms. The van der Waals surface area contributed by atoms with Crippen LogP contribution >= 0.6 is 11.8 Å². The van der Waals surface area contributed by atoms with Gasteiger partial charge in [0.15, 0.2) is 0 Å². The Balaban J connectivity index is 2.10. The van der Waals surface area contributed by atoms with Crippen LogP contribution in [0.3, 0.4) is 0 Å². The second-order valence-corrected chi connectivity index (χ2v) is 6.97. The van der Waals surface area contributed by atoms with Crippen LogP contribution in [0, 0.1) is 20.8 Å². The van der Waals surface area contributed by atoms with Gasteiger partial charge < -0.3 is 0 Å². The molecule has 0 aliphatic carbocycles. The van der Waals surface area contributed by atoms with E-state index in [-0.39, 0.29) is 0 Å². The fourth-order valence-electron chi connectivity index (χ4n) is 3.29. The first-order chi connectivity index (χ1) is 11.1. The van der Waals surface area contributed by atoms with Crippen LogP contribution in [-0.2, 0) is 0 Å². The van der Waals surface area contributed by atoms with E-state index >= 15 is 0 Å². The average molecular weight is 318 g/mol. The molecule has 0 nitrogen and oxygen atoms in total. The molecule has 0 N–H and O–H groups in total. The molecule has 3 rings (SSSR count). The summed E-state index contributed by atoms with van der Waals surface area (Å²) in [4.78, 5) is 1.30. The third-order valence-corrected chi connectivity index (χ3v) is 4.96. The van der Waals surface area contributed by atoms with E-state index in [0.29, 0.717) is 0 Å². The first-order valence-electron chi connectivity index (χ1n) is 7.91. The van der Waals surface area contributed by atoms with E-state index < -0.39 is 0 Å². The normalized spacial score (nSPS) is 10.8. The van der Waals surface area contributed by atoms with Gasteiger partial charge in [0.1, 0.15) is 0 Å². The topological polar surface area (TPSA) is 0 Å². The van der Waals surface area contributed by atoms with Gasteiger partial charge in [-0.25, -0.2) is 0 Å². The van der Waals surface area contributed by atoms with Crippen LogP contribution in [0.25, 0.3) is 22.3 Å². The van der Waals surface area contributed by atoms with Crippen molar-refractivity contribution in [1.29, 1.82) is 0 Å². The third-order valence-electron chi connectivity index (χ3n) is 4.23. The molecule has 3 aromatic carbocycles. The van der Waals surface area contributed by atoms with Crippen LogP contribution in [0.5, 0.6) is 0 Å². The zero-order valence-corrected chi connectivity index (χ0v) is 15.0. The maximum Gasteiger partial charge on any atom is 0.00752 e. The first kappa shape index (κ1) is 15.9. The van der Waals surface area contributed by atoms with Crippen LogP contribution in [0.4, 0.5) is 0 Å². The van der Waals surface area contributed by atoms with Gasteiger partial charge >= 0.3 is 0 Å². The van der Waals surface area contributed by atoms with Crippen LogP contribution < -0.4 is 0 Å². The summed E-state index contributed by atoms with van der Waals surface area (Å²) >= 11 is 1.78. The van der Waals surface area contributed by atoms with Crippen molar-refractivity contribution in [3.63, 3.8) is 0 Å². The Labute approximate surface area is 143 Å². The van der Waals surface area contributed by atoms with Crippen molar-refractivity contribution in [3.05, 3.63) is 77.4 Å². The molecule has 1 heteroatoms. The molecule has 0 unspecified atom stereocenters. The molecule has 0 aliphatic rings. The Kier molecular flexibility index (Phi) is 4.58. The van der Waals surface area contributed by atoms with E-state index in [4.69, 9.17) is 0 Å². The van der Waals surface area contributed by atoms with Crippen LogP contribution in [0.1, 0.15) is 16.7 Å². The summed E-state index contributed by atoms with van der Waals surface area (Å²) in [5.74, 6) is 0. The third kappa shape index (κ3) is 3.35. The molecule has 0 atom stereocenters. The van der Waals surface area contributed by atoms with E-state index in [9.17, 15) is 0 Å². The van der Waals surface area contributed by atoms with Gasteiger partial charge in [-0.3, -0.25) is 0 Å². The number of benzene rings is 3. The second-order valence-electron chi connectivity index (χ2n) is 6.09. The van der Waals surface area contributed by atoms with Crippen molar-refractivity contribution in [2.75, 3.05) is 6.26 Å². The highest BCUT2D eigenvalue weighted by Gasteiger charge is 2.08. The minimum Gasteiger partial charge on any atom is -0.130 e. The second kappa shape index (κ2) is 6.64. The van der Waals surface area contributed by atoms with E-state index in [1.54, 1.807) is 11.8 Å². The van der Waals surface area contributed by atoms with Crippen LogP contribution in [0.2, 0.25) is 0 Å². The van der Waals surface area contributed by atoms with Gasteiger partial charge in [0.2, 0.25) is 0 Å². The predicted octanol–water partition coefficient (Wildman–Crippen LogP) is 6.67. The molecular formula is C22H22S. The van der Waals surface area contributed by atoms with Crippen molar-refractivity contribution in [2.24, 2.45) is 0 Å². The zero-order chi connectivity index (χ0) is 16.4. The molecular weight excluding hydrogens is 296 g/mol. The van der Waals surface area contributed by atoms with Gasteiger partial charge in [-0.05, 0) is 78.6 Å². The zero-order valence-electron chi connectivity index (χ0n) is 14.2. The summed E-state index contributed by atoms with van der Waals surface area (Å²) in [6, 6.07) is 22.2. The van der Waals surface area contributed by atoms with Crippen molar-refractivity contribution in [3.8, 4) is 22.3 Å². The van der Waals surface area contributed by atoms with E-state index in [1.807, 2.05) is 0 Å². The Morgan fingerprint density at radius 3 is 1.87 bits per heavy atom. The number of rotatable bonds is 3. The summed E-state index contributed by atoms with van der Waals surface area (Å²) in [6.07, 6.45) is 2.12. The largest absolute Gasteiger partial charge is 0.130 e. The van der Waals surface area contributed by atoms with Crippen LogP contribution in [-0.4, -0.2) is 6.26 Å². The van der Waals surface area contributed by atoms with Gasteiger partial charge in [0.05, 0.1) is 0 Å². The maximum absolute atomic E-state index is 2.31. The SMILES string of the molecule is CSc1cccc(-c2cccc(-c3c(C)cc(C)cc3C)c2)c1. The van der Waals surface area contributed by atoms with Gasteiger partial charge in [0, 0.05) is 4.90 Å². The summed E-state index contributed by atoms with van der Waals surface area (Å²) in [5, 5.41) is 0. The highest BCUT2D eigenvalue weighted by Crippen LogP contribution is 2.32. The quantitative estimate of drug-likeness (QED) is 0.486. The maximum atomic E-state index is 2.31. The fraction of sp³-hybridized carbons (Fsp3) is 0.182. The molecule has 0 amide bonds. The highest BCUT2D eigenvalue weighted by atomic mass is 32.2.